The van der Waals surface area contributed by atoms with E-state index >= 15 is 0 Å². The molecule has 0 aliphatic carbocycles. The minimum Gasteiger partial charge on any atom is -0.481 e. The molecule has 2 fully saturated rings. The number of hydrogen-bond acceptors (Lipinski definition) is 3. The number of hydrogen-bond donors (Lipinski definition) is 1. The molecule has 2 saturated heterocycles. The molecule has 1 unspecified atom stereocenters. The van der Waals surface area contributed by atoms with Crippen molar-refractivity contribution in [2.45, 2.75) is 25.3 Å². The first-order valence-electron chi connectivity index (χ1n) is 6.47. The Morgan fingerprint density at radius 1 is 1.44 bits per heavy atom. The van der Waals surface area contributed by atoms with Crippen molar-refractivity contribution < 1.29 is 14.7 Å². The summed E-state index contributed by atoms with van der Waals surface area (Å²) in [4.78, 5) is 26.8. The second-order valence-corrected chi connectivity index (χ2v) is 5.11. The number of nitrogens with zero attached hydrogens (tertiary/aromatic N) is 2. The van der Waals surface area contributed by atoms with Crippen LogP contribution in [0.15, 0.2) is 12.7 Å². The van der Waals surface area contributed by atoms with Gasteiger partial charge in [-0.3, -0.25) is 14.5 Å². The van der Waals surface area contributed by atoms with Crippen molar-refractivity contribution in [2.24, 2.45) is 5.92 Å². The van der Waals surface area contributed by atoms with Gasteiger partial charge in [-0.05, 0) is 12.8 Å². The summed E-state index contributed by atoms with van der Waals surface area (Å²) in [6, 6.07) is 0.225. The fourth-order valence-corrected chi connectivity index (χ4v) is 2.85. The Hall–Kier alpha value is -1.36. The van der Waals surface area contributed by atoms with Crippen LogP contribution >= 0.6 is 0 Å². The van der Waals surface area contributed by atoms with Gasteiger partial charge in [0.1, 0.15) is 0 Å². The van der Waals surface area contributed by atoms with Crippen LogP contribution in [0.5, 0.6) is 0 Å². The van der Waals surface area contributed by atoms with E-state index in [1.165, 1.54) is 0 Å². The van der Waals surface area contributed by atoms with Crippen molar-refractivity contribution in [3.63, 3.8) is 0 Å². The molecule has 100 valence electrons. The van der Waals surface area contributed by atoms with Crippen molar-refractivity contribution in [1.82, 2.24) is 9.80 Å². The van der Waals surface area contributed by atoms with E-state index in [1.807, 2.05) is 6.08 Å². The Morgan fingerprint density at radius 2 is 2.11 bits per heavy atom. The van der Waals surface area contributed by atoms with E-state index in [0.717, 1.165) is 32.5 Å². The quantitative estimate of drug-likeness (QED) is 0.743. The number of aliphatic carboxylic acids is 1. The van der Waals surface area contributed by atoms with E-state index in [9.17, 15) is 9.59 Å². The van der Waals surface area contributed by atoms with Crippen LogP contribution in [0.1, 0.15) is 19.3 Å². The van der Waals surface area contributed by atoms with E-state index in [-0.39, 0.29) is 18.4 Å². The van der Waals surface area contributed by atoms with Gasteiger partial charge in [0.05, 0.1) is 5.92 Å². The second-order valence-electron chi connectivity index (χ2n) is 5.11. The zero-order valence-electron chi connectivity index (χ0n) is 10.5. The van der Waals surface area contributed by atoms with Crippen LogP contribution in [0.3, 0.4) is 0 Å². The highest BCUT2D eigenvalue weighted by molar-refractivity contribution is 5.86. The molecule has 2 rings (SSSR count). The third kappa shape index (κ3) is 2.72. The van der Waals surface area contributed by atoms with Gasteiger partial charge in [-0.2, -0.15) is 0 Å². The third-order valence-corrected chi connectivity index (χ3v) is 3.89. The second kappa shape index (κ2) is 5.52. The lowest BCUT2D eigenvalue weighted by Crippen LogP contribution is -2.45. The molecule has 0 bridgehead atoms. The average molecular weight is 252 g/mol. The van der Waals surface area contributed by atoms with Crippen LogP contribution in [-0.4, -0.2) is 59.0 Å². The van der Waals surface area contributed by atoms with E-state index in [4.69, 9.17) is 5.11 Å². The molecule has 2 aliphatic heterocycles. The number of rotatable bonds is 4. The van der Waals surface area contributed by atoms with Gasteiger partial charge in [0.2, 0.25) is 5.91 Å². The lowest BCUT2D eigenvalue weighted by atomic mass is 10.0. The Labute approximate surface area is 107 Å². The van der Waals surface area contributed by atoms with Crippen molar-refractivity contribution in [3.05, 3.63) is 12.7 Å². The number of carbonyl (C=O) groups is 2. The maximum atomic E-state index is 11.8. The average Bonchev–Trinajstić information content (AvgIpc) is 2.73. The smallest absolute Gasteiger partial charge is 0.308 e. The van der Waals surface area contributed by atoms with E-state index in [1.54, 1.807) is 4.90 Å². The Balaban J connectivity index is 1.88. The zero-order valence-corrected chi connectivity index (χ0v) is 10.5. The lowest BCUT2D eigenvalue weighted by molar-refractivity contribution is -0.141. The Morgan fingerprint density at radius 3 is 2.61 bits per heavy atom. The zero-order chi connectivity index (χ0) is 13.1. The molecule has 0 spiro atoms. The first-order chi connectivity index (χ1) is 8.61. The van der Waals surface area contributed by atoms with Gasteiger partial charge in [0.25, 0.3) is 0 Å². The van der Waals surface area contributed by atoms with E-state index in [2.05, 4.69) is 11.5 Å². The lowest BCUT2D eigenvalue weighted by Gasteiger charge is -2.36. The highest BCUT2D eigenvalue weighted by Gasteiger charge is 2.38. The minimum absolute atomic E-state index is 0.00423. The highest BCUT2D eigenvalue weighted by atomic mass is 16.4. The number of carboxylic acid groups (broad SMARTS) is 1. The monoisotopic (exact) mass is 252 g/mol. The molecule has 0 aromatic carbocycles. The van der Waals surface area contributed by atoms with Crippen molar-refractivity contribution in [2.75, 3.05) is 26.2 Å². The maximum Gasteiger partial charge on any atom is 0.308 e. The number of carbonyl (C=O) groups excluding carboxylic acids is 1. The third-order valence-electron chi connectivity index (χ3n) is 3.89. The summed E-state index contributed by atoms with van der Waals surface area (Å²) in [6.07, 6.45) is 3.93. The Kier molecular flexibility index (Phi) is 4.01. The van der Waals surface area contributed by atoms with Crippen LogP contribution in [0.2, 0.25) is 0 Å². The first-order valence-corrected chi connectivity index (χ1v) is 6.47. The molecular weight excluding hydrogens is 232 g/mol. The molecule has 5 nitrogen and oxygen atoms in total. The number of likely N-dealkylation sites (tertiary alicyclic amines) is 2. The fraction of sp³-hybridized carbons (Fsp3) is 0.692. The molecule has 0 radical (unpaired) electrons. The minimum atomic E-state index is -0.852. The fourth-order valence-electron chi connectivity index (χ4n) is 2.85. The largest absolute Gasteiger partial charge is 0.481 e. The summed E-state index contributed by atoms with van der Waals surface area (Å²) in [6.45, 7) is 6.91. The van der Waals surface area contributed by atoms with Crippen molar-refractivity contribution in [3.8, 4) is 0 Å². The molecule has 1 atom stereocenters. The van der Waals surface area contributed by atoms with Gasteiger partial charge in [0, 0.05) is 38.6 Å². The van der Waals surface area contributed by atoms with Gasteiger partial charge in [0.15, 0.2) is 0 Å². The molecule has 2 heterocycles. The predicted octanol–water partition coefficient (Wildman–Crippen LogP) is 0.570. The highest BCUT2D eigenvalue weighted by Crippen LogP contribution is 2.25. The van der Waals surface area contributed by atoms with Gasteiger partial charge in [-0.15, -0.1) is 6.58 Å². The molecule has 1 N–H and O–H groups in total. The summed E-state index contributed by atoms with van der Waals surface area (Å²) in [5.41, 5.74) is 0. The molecule has 0 aromatic heterocycles. The van der Waals surface area contributed by atoms with Crippen LogP contribution in [0.25, 0.3) is 0 Å². The van der Waals surface area contributed by atoms with E-state index in [0.29, 0.717) is 6.54 Å². The topological polar surface area (TPSA) is 60.9 Å². The number of piperidine rings is 1. The van der Waals surface area contributed by atoms with Crippen LogP contribution in [0, 0.1) is 5.92 Å². The molecule has 0 saturated carbocycles. The molecule has 0 aromatic rings. The van der Waals surface area contributed by atoms with E-state index < -0.39 is 11.9 Å². The van der Waals surface area contributed by atoms with Crippen LogP contribution in [0.4, 0.5) is 0 Å². The van der Waals surface area contributed by atoms with Gasteiger partial charge < -0.3 is 10.0 Å². The molecule has 18 heavy (non-hydrogen) atoms. The van der Waals surface area contributed by atoms with Gasteiger partial charge in [-0.1, -0.05) is 6.08 Å². The summed E-state index contributed by atoms with van der Waals surface area (Å²) < 4.78 is 0. The van der Waals surface area contributed by atoms with Crippen LogP contribution in [-0.2, 0) is 9.59 Å². The van der Waals surface area contributed by atoms with Crippen LogP contribution < -0.4 is 0 Å². The first kappa shape index (κ1) is 13.1. The predicted molar refractivity (Wildman–Crippen MR) is 67.1 cm³/mol. The number of amides is 1. The van der Waals surface area contributed by atoms with Crippen molar-refractivity contribution >= 4 is 11.9 Å². The summed E-state index contributed by atoms with van der Waals surface area (Å²) >= 11 is 0. The normalized spacial score (nSPS) is 26.6. The molecular formula is C13H20N2O3. The standard InChI is InChI=1S/C13H20N2O3/c1-2-5-14-6-3-11(4-7-14)15-9-10(13(17)18)8-12(15)16/h2,10-11H,1,3-9H2,(H,17,18). The maximum absolute atomic E-state index is 11.8. The summed E-state index contributed by atoms with van der Waals surface area (Å²) in [5.74, 6) is -1.36. The summed E-state index contributed by atoms with van der Waals surface area (Å²) in [5, 5.41) is 8.96. The molecule has 2 aliphatic rings. The van der Waals surface area contributed by atoms with Gasteiger partial charge in [-0.25, -0.2) is 0 Å². The van der Waals surface area contributed by atoms with Gasteiger partial charge >= 0.3 is 5.97 Å². The molecule has 5 heteroatoms. The Bertz CT molecular complexity index is 348. The summed E-state index contributed by atoms with van der Waals surface area (Å²) in [7, 11) is 0. The SMILES string of the molecule is C=CCN1CCC(N2CC(C(=O)O)CC2=O)CC1. The van der Waals surface area contributed by atoms with Crippen molar-refractivity contribution in [1.29, 1.82) is 0 Å². The molecule has 1 amide bonds. The number of carboxylic acids is 1.